The SMILES string of the molecule is Cc1cccc(C2=CC(O)CCCC2)c1C. The molecule has 16 heavy (non-hydrogen) atoms. The summed E-state index contributed by atoms with van der Waals surface area (Å²) in [6.07, 6.45) is 6.13. The van der Waals surface area contributed by atoms with Gasteiger partial charge in [-0.15, -0.1) is 0 Å². The second-order valence-electron chi connectivity index (χ2n) is 4.75. The number of hydrogen-bond donors (Lipinski definition) is 1. The Morgan fingerprint density at radius 2 is 2.00 bits per heavy atom. The van der Waals surface area contributed by atoms with Crippen LogP contribution in [0, 0.1) is 13.8 Å². The van der Waals surface area contributed by atoms with Gasteiger partial charge in [-0.1, -0.05) is 30.7 Å². The molecule has 1 nitrogen and oxygen atoms in total. The Kier molecular flexibility index (Phi) is 3.45. The van der Waals surface area contributed by atoms with E-state index in [9.17, 15) is 5.11 Å². The predicted molar refractivity (Wildman–Crippen MR) is 68.4 cm³/mol. The van der Waals surface area contributed by atoms with Crippen molar-refractivity contribution in [1.29, 1.82) is 0 Å². The molecule has 0 fully saturated rings. The van der Waals surface area contributed by atoms with Gasteiger partial charge in [-0.05, 0) is 55.4 Å². The molecule has 1 aromatic carbocycles. The molecule has 0 amide bonds. The summed E-state index contributed by atoms with van der Waals surface area (Å²) in [6, 6.07) is 6.43. The monoisotopic (exact) mass is 216 g/mol. The molecule has 1 heteroatoms. The van der Waals surface area contributed by atoms with E-state index in [1.165, 1.54) is 28.7 Å². The van der Waals surface area contributed by atoms with E-state index in [1.807, 2.05) is 0 Å². The fraction of sp³-hybridized carbons (Fsp3) is 0.467. The highest BCUT2D eigenvalue weighted by Crippen LogP contribution is 2.29. The van der Waals surface area contributed by atoms with E-state index in [0.29, 0.717) is 0 Å². The summed E-state index contributed by atoms with van der Waals surface area (Å²) in [5, 5.41) is 9.80. The van der Waals surface area contributed by atoms with Crippen LogP contribution in [0.5, 0.6) is 0 Å². The maximum atomic E-state index is 9.80. The summed E-state index contributed by atoms with van der Waals surface area (Å²) in [6.45, 7) is 4.31. The van der Waals surface area contributed by atoms with Gasteiger partial charge >= 0.3 is 0 Å². The molecule has 1 unspecified atom stereocenters. The average Bonchev–Trinajstić information content (AvgIpc) is 2.47. The molecular formula is C15H20O. The predicted octanol–water partition coefficient (Wildman–Crippen LogP) is 3.62. The topological polar surface area (TPSA) is 20.2 Å². The lowest BCUT2D eigenvalue weighted by molar-refractivity contribution is 0.211. The summed E-state index contributed by atoms with van der Waals surface area (Å²) in [4.78, 5) is 0. The highest BCUT2D eigenvalue weighted by molar-refractivity contribution is 5.69. The summed E-state index contributed by atoms with van der Waals surface area (Å²) < 4.78 is 0. The van der Waals surface area contributed by atoms with Gasteiger partial charge in [0.15, 0.2) is 0 Å². The Morgan fingerprint density at radius 3 is 2.81 bits per heavy atom. The molecule has 0 bridgehead atoms. The van der Waals surface area contributed by atoms with Crippen LogP contribution in [-0.4, -0.2) is 11.2 Å². The van der Waals surface area contributed by atoms with Crippen LogP contribution in [0.15, 0.2) is 24.3 Å². The molecule has 1 atom stereocenters. The Hall–Kier alpha value is -1.08. The van der Waals surface area contributed by atoms with Crippen molar-refractivity contribution in [3.05, 3.63) is 41.0 Å². The minimum Gasteiger partial charge on any atom is -0.389 e. The first-order valence-corrected chi connectivity index (χ1v) is 6.14. The number of benzene rings is 1. The standard InChI is InChI=1S/C15H20O/c1-11-6-5-9-15(12(11)2)13-7-3-4-8-14(16)10-13/h5-6,9-10,14,16H,3-4,7-8H2,1-2H3. The van der Waals surface area contributed by atoms with Crippen LogP contribution in [-0.2, 0) is 0 Å². The second-order valence-corrected chi connectivity index (χ2v) is 4.75. The number of aliphatic hydroxyl groups is 1. The summed E-state index contributed by atoms with van der Waals surface area (Å²) in [7, 11) is 0. The molecule has 1 aliphatic carbocycles. The van der Waals surface area contributed by atoms with Gasteiger partial charge in [-0.25, -0.2) is 0 Å². The van der Waals surface area contributed by atoms with Crippen LogP contribution in [0.2, 0.25) is 0 Å². The quantitative estimate of drug-likeness (QED) is 0.760. The third kappa shape index (κ3) is 2.35. The van der Waals surface area contributed by atoms with E-state index in [1.54, 1.807) is 0 Å². The highest BCUT2D eigenvalue weighted by Gasteiger charge is 2.12. The number of aryl methyl sites for hydroxylation is 1. The minimum absolute atomic E-state index is 0.252. The van der Waals surface area contributed by atoms with Crippen LogP contribution in [0.3, 0.4) is 0 Å². The molecule has 2 rings (SSSR count). The van der Waals surface area contributed by atoms with Crippen molar-refractivity contribution < 1.29 is 5.11 Å². The minimum atomic E-state index is -0.252. The molecule has 0 aliphatic heterocycles. The number of aliphatic hydroxyl groups excluding tert-OH is 1. The first-order valence-electron chi connectivity index (χ1n) is 6.14. The third-order valence-corrected chi connectivity index (χ3v) is 3.54. The fourth-order valence-electron chi connectivity index (χ4n) is 2.39. The Balaban J connectivity index is 2.38. The molecular weight excluding hydrogens is 196 g/mol. The average molecular weight is 216 g/mol. The van der Waals surface area contributed by atoms with Crippen LogP contribution in [0.4, 0.5) is 0 Å². The van der Waals surface area contributed by atoms with Crippen molar-refractivity contribution in [3.63, 3.8) is 0 Å². The lowest BCUT2D eigenvalue weighted by Gasteiger charge is -2.12. The van der Waals surface area contributed by atoms with E-state index >= 15 is 0 Å². The van der Waals surface area contributed by atoms with Crippen molar-refractivity contribution in [2.24, 2.45) is 0 Å². The van der Waals surface area contributed by atoms with Gasteiger partial charge in [0.25, 0.3) is 0 Å². The fourth-order valence-corrected chi connectivity index (χ4v) is 2.39. The smallest absolute Gasteiger partial charge is 0.0726 e. The largest absolute Gasteiger partial charge is 0.389 e. The Bertz CT molecular complexity index is 404. The zero-order chi connectivity index (χ0) is 11.5. The molecule has 1 N–H and O–H groups in total. The molecule has 0 aromatic heterocycles. The molecule has 0 heterocycles. The molecule has 0 radical (unpaired) electrons. The van der Waals surface area contributed by atoms with Crippen molar-refractivity contribution in [2.45, 2.75) is 45.6 Å². The lowest BCUT2D eigenvalue weighted by atomic mass is 9.94. The molecule has 1 aliphatic rings. The van der Waals surface area contributed by atoms with Crippen molar-refractivity contribution in [3.8, 4) is 0 Å². The zero-order valence-corrected chi connectivity index (χ0v) is 10.2. The summed E-state index contributed by atoms with van der Waals surface area (Å²) in [5.41, 5.74) is 5.33. The lowest BCUT2D eigenvalue weighted by Crippen LogP contribution is -2.00. The third-order valence-electron chi connectivity index (χ3n) is 3.54. The van der Waals surface area contributed by atoms with Crippen molar-refractivity contribution in [2.75, 3.05) is 0 Å². The van der Waals surface area contributed by atoms with Gasteiger partial charge in [-0.2, -0.15) is 0 Å². The van der Waals surface area contributed by atoms with Gasteiger partial charge in [0, 0.05) is 0 Å². The Labute approximate surface area is 97.8 Å². The van der Waals surface area contributed by atoms with Crippen LogP contribution in [0.25, 0.3) is 5.57 Å². The van der Waals surface area contributed by atoms with E-state index in [2.05, 4.69) is 38.1 Å². The van der Waals surface area contributed by atoms with Gasteiger partial charge in [-0.3, -0.25) is 0 Å². The number of hydrogen-bond acceptors (Lipinski definition) is 1. The summed E-state index contributed by atoms with van der Waals surface area (Å²) >= 11 is 0. The van der Waals surface area contributed by atoms with Crippen LogP contribution < -0.4 is 0 Å². The molecule has 0 saturated carbocycles. The number of allylic oxidation sites excluding steroid dienone is 1. The normalized spacial score (nSPS) is 21.4. The maximum Gasteiger partial charge on any atom is 0.0726 e. The van der Waals surface area contributed by atoms with E-state index in [0.717, 1.165) is 19.3 Å². The molecule has 86 valence electrons. The number of rotatable bonds is 1. The highest BCUT2D eigenvalue weighted by atomic mass is 16.3. The maximum absolute atomic E-state index is 9.80. The molecule has 0 saturated heterocycles. The Morgan fingerprint density at radius 1 is 1.19 bits per heavy atom. The molecule has 0 spiro atoms. The van der Waals surface area contributed by atoms with Crippen LogP contribution >= 0.6 is 0 Å². The molecule has 1 aromatic rings. The first-order chi connectivity index (χ1) is 7.68. The first kappa shape index (κ1) is 11.4. The van der Waals surface area contributed by atoms with E-state index < -0.39 is 0 Å². The van der Waals surface area contributed by atoms with E-state index in [-0.39, 0.29) is 6.10 Å². The van der Waals surface area contributed by atoms with Crippen molar-refractivity contribution >= 4 is 5.57 Å². The zero-order valence-electron chi connectivity index (χ0n) is 10.2. The summed E-state index contributed by atoms with van der Waals surface area (Å²) in [5.74, 6) is 0. The van der Waals surface area contributed by atoms with Gasteiger partial charge in [0.05, 0.1) is 6.10 Å². The van der Waals surface area contributed by atoms with Gasteiger partial charge < -0.3 is 5.11 Å². The second kappa shape index (κ2) is 4.84. The van der Waals surface area contributed by atoms with Gasteiger partial charge in [0.1, 0.15) is 0 Å². The van der Waals surface area contributed by atoms with Crippen LogP contribution in [0.1, 0.15) is 42.4 Å². The van der Waals surface area contributed by atoms with Gasteiger partial charge in [0.2, 0.25) is 0 Å². The van der Waals surface area contributed by atoms with Crippen molar-refractivity contribution in [1.82, 2.24) is 0 Å². The van der Waals surface area contributed by atoms with E-state index in [4.69, 9.17) is 0 Å².